The van der Waals surface area contributed by atoms with Gasteiger partial charge in [0.25, 0.3) is 0 Å². The van der Waals surface area contributed by atoms with Crippen LogP contribution in [0.25, 0.3) is 0 Å². The Kier molecular flexibility index (Phi) is 4.36. The molecule has 4 nitrogen and oxygen atoms in total. The topological polar surface area (TPSA) is 57.4 Å². The molecule has 2 aromatic rings. The van der Waals surface area contributed by atoms with E-state index in [0.29, 0.717) is 18.9 Å². The van der Waals surface area contributed by atoms with Crippen LogP contribution in [-0.2, 0) is 13.2 Å². The highest BCUT2D eigenvalue weighted by Crippen LogP contribution is 2.28. The van der Waals surface area contributed by atoms with Crippen LogP contribution >= 0.6 is 0 Å². The van der Waals surface area contributed by atoms with Gasteiger partial charge in [0.15, 0.2) is 11.5 Å². The molecule has 2 rings (SSSR count). The van der Waals surface area contributed by atoms with Crippen molar-refractivity contribution < 1.29 is 9.47 Å². The summed E-state index contributed by atoms with van der Waals surface area (Å²) in [6.45, 7) is 2.84. The number of hydrogen-bond donors (Lipinski definition) is 1. The van der Waals surface area contributed by atoms with Gasteiger partial charge in [0.05, 0.1) is 18.5 Å². The molecule has 0 aliphatic rings. The molecule has 1 heterocycles. The van der Waals surface area contributed by atoms with E-state index in [1.165, 1.54) is 0 Å². The van der Waals surface area contributed by atoms with Gasteiger partial charge in [-0.25, -0.2) is 0 Å². The first-order chi connectivity index (χ1) is 9.22. The van der Waals surface area contributed by atoms with Crippen LogP contribution in [0.1, 0.15) is 17.0 Å². The minimum absolute atomic E-state index is 0.396. The summed E-state index contributed by atoms with van der Waals surface area (Å²) in [6, 6.07) is 11.6. The van der Waals surface area contributed by atoms with Crippen molar-refractivity contribution in [1.82, 2.24) is 4.98 Å². The fraction of sp³-hybridized carbons (Fsp3) is 0.267. The predicted molar refractivity (Wildman–Crippen MR) is 74.2 cm³/mol. The molecular formula is C15H18N2O2. The molecule has 0 spiro atoms. The van der Waals surface area contributed by atoms with Crippen LogP contribution in [0.15, 0.2) is 36.4 Å². The van der Waals surface area contributed by atoms with Crippen LogP contribution in [0.4, 0.5) is 0 Å². The Morgan fingerprint density at radius 2 is 1.89 bits per heavy atom. The Hall–Kier alpha value is -2.07. The van der Waals surface area contributed by atoms with E-state index in [4.69, 9.17) is 15.2 Å². The Labute approximate surface area is 113 Å². The zero-order valence-corrected chi connectivity index (χ0v) is 11.2. The van der Waals surface area contributed by atoms with E-state index in [0.717, 1.165) is 22.7 Å². The van der Waals surface area contributed by atoms with Gasteiger partial charge in [-0.3, -0.25) is 4.98 Å². The first-order valence-corrected chi connectivity index (χ1v) is 6.15. The molecule has 4 heteroatoms. The van der Waals surface area contributed by atoms with Crippen molar-refractivity contribution in [3.63, 3.8) is 0 Å². The van der Waals surface area contributed by atoms with Crippen LogP contribution in [0.2, 0.25) is 0 Å². The molecule has 0 aliphatic heterocycles. The van der Waals surface area contributed by atoms with Gasteiger partial charge in [-0.15, -0.1) is 0 Å². The van der Waals surface area contributed by atoms with Gasteiger partial charge in [-0.2, -0.15) is 0 Å². The normalized spacial score (nSPS) is 10.3. The summed E-state index contributed by atoms with van der Waals surface area (Å²) >= 11 is 0. The molecule has 0 fully saturated rings. The molecule has 1 aromatic carbocycles. The van der Waals surface area contributed by atoms with E-state index in [1.54, 1.807) is 7.11 Å². The summed E-state index contributed by atoms with van der Waals surface area (Å²) in [5, 5.41) is 0. The molecule has 0 saturated carbocycles. The summed E-state index contributed by atoms with van der Waals surface area (Å²) in [5.74, 6) is 1.45. The molecule has 2 N–H and O–H groups in total. The zero-order valence-electron chi connectivity index (χ0n) is 11.2. The number of methoxy groups -OCH3 is 1. The molecule has 100 valence electrons. The van der Waals surface area contributed by atoms with E-state index in [2.05, 4.69) is 4.98 Å². The lowest BCUT2D eigenvalue weighted by atomic mass is 10.2. The van der Waals surface area contributed by atoms with Gasteiger partial charge < -0.3 is 15.2 Å². The predicted octanol–water partition coefficient (Wildman–Crippen LogP) is 2.44. The molecule has 0 radical (unpaired) electrons. The average molecular weight is 258 g/mol. The number of nitrogens with zero attached hydrogens (tertiary/aromatic N) is 1. The van der Waals surface area contributed by atoms with Crippen molar-refractivity contribution in [1.29, 1.82) is 0 Å². The number of aromatic nitrogens is 1. The van der Waals surface area contributed by atoms with E-state index in [9.17, 15) is 0 Å². The van der Waals surface area contributed by atoms with E-state index >= 15 is 0 Å². The Morgan fingerprint density at radius 3 is 2.63 bits per heavy atom. The fourth-order valence-electron chi connectivity index (χ4n) is 1.77. The van der Waals surface area contributed by atoms with Crippen molar-refractivity contribution in [2.24, 2.45) is 5.73 Å². The lowest BCUT2D eigenvalue weighted by Crippen LogP contribution is -2.04. The lowest BCUT2D eigenvalue weighted by Gasteiger charge is -2.11. The maximum absolute atomic E-state index is 5.74. The summed E-state index contributed by atoms with van der Waals surface area (Å²) < 4.78 is 11.0. The summed E-state index contributed by atoms with van der Waals surface area (Å²) in [6.07, 6.45) is 0. The number of aryl methyl sites for hydroxylation is 1. The molecule has 0 aliphatic carbocycles. The number of benzene rings is 1. The van der Waals surface area contributed by atoms with Crippen LogP contribution in [0, 0.1) is 6.92 Å². The Morgan fingerprint density at radius 1 is 1.11 bits per heavy atom. The minimum atomic E-state index is 0.396. The first-order valence-electron chi connectivity index (χ1n) is 6.15. The van der Waals surface area contributed by atoms with Gasteiger partial charge >= 0.3 is 0 Å². The van der Waals surface area contributed by atoms with Crippen LogP contribution in [-0.4, -0.2) is 12.1 Å². The molecule has 1 aromatic heterocycles. The minimum Gasteiger partial charge on any atom is -0.493 e. The average Bonchev–Trinajstić information content (AvgIpc) is 2.46. The third-order valence-electron chi connectivity index (χ3n) is 2.77. The third-order valence-corrected chi connectivity index (χ3v) is 2.77. The third kappa shape index (κ3) is 3.45. The Balaban J connectivity index is 2.09. The highest BCUT2D eigenvalue weighted by atomic mass is 16.5. The van der Waals surface area contributed by atoms with E-state index in [-0.39, 0.29) is 0 Å². The van der Waals surface area contributed by atoms with Gasteiger partial charge in [-0.05, 0) is 36.8 Å². The van der Waals surface area contributed by atoms with E-state index < -0.39 is 0 Å². The molecule has 0 atom stereocenters. The summed E-state index contributed by atoms with van der Waals surface area (Å²) in [5.41, 5.74) is 8.41. The van der Waals surface area contributed by atoms with Crippen LogP contribution < -0.4 is 15.2 Å². The van der Waals surface area contributed by atoms with Crippen molar-refractivity contribution in [2.75, 3.05) is 7.11 Å². The highest BCUT2D eigenvalue weighted by Gasteiger charge is 2.05. The van der Waals surface area contributed by atoms with Crippen LogP contribution in [0.5, 0.6) is 11.5 Å². The number of rotatable bonds is 5. The second-order valence-electron chi connectivity index (χ2n) is 4.27. The molecule has 0 bridgehead atoms. The molecular weight excluding hydrogens is 240 g/mol. The van der Waals surface area contributed by atoms with Gasteiger partial charge in [0, 0.05) is 6.54 Å². The zero-order chi connectivity index (χ0) is 13.7. The number of pyridine rings is 1. The SMILES string of the molecule is COc1cc(C)ccc1OCc1cccc(CN)n1. The highest BCUT2D eigenvalue weighted by molar-refractivity contribution is 5.42. The van der Waals surface area contributed by atoms with E-state index in [1.807, 2.05) is 43.3 Å². The maximum Gasteiger partial charge on any atom is 0.161 e. The molecule has 19 heavy (non-hydrogen) atoms. The Bertz CT molecular complexity index is 556. The smallest absolute Gasteiger partial charge is 0.161 e. The van der Waals surface area contributed by atoms with Crippen molar-refractivity contribution >= 4 is 0 Å². The monoisotopic (exact) mass is 258 g/mol. The van der Waals surface area contributed by atoms with Gasteiger partial charge in [0.1, 0.15) is 6.61 Å². The quantitative estimate of drug-likeness (QED) is 0.895. The fourth-order valence-corrected chi connectivity index (χ4v) is 1.77. The molecule has 0 saturated heterocycles. The van der Waals surface area contributed by atoms with Crippen LogP contribution in [0.3, 0.4) is 0 Å². The van der Waals surface area contributed by atoms with Crippen molar-refractivity contribution in [2.45, 2.75) is 20.1 Å². The second kappa shape index (κ2) is 6.20. The molecule has 0 amide bonds. The van der Waals surface area contributed by atoms with Crippen molar-refractivity contribution in [3.05, 3.63) is 53.3 Å². The molecule has 0 unspecified atom stereocenters. The van der Waals surface area contributed by atoms with Gasteiger partial charge in [0.2, 0.25) is 0 Å². The lowest BCUT2D eigenvalue weighted by molar-refractivity contribution is 0.280. The number of ether oxygens (including phenoxy) is 2. The number of hydrogen-bond acceptors (Lipinski definition) is 4. The summed E-state index contributed by atoms with van der Waals surface area (Å²) in [4.78, 5) is 4.39. The second-order valence-corrected chi connectivity index (χ2v) is 4.27. The maximum atomic E-state index is 5.74. The number of nitrogens with two attached hydrogens (primary N) is 1. The van der Waals surface area contributed by atoms with Crippen molar-refractivity contribution in [3.8, 4) is 11.5 Å². The summed E-state index contributed by atoms with van der Waals surface area (Å²) in [7, 11) is 1.63. The standard InChI is InChI=1S/C15H18N2O2/c1-11-6-7-14(15(8-11)18-2)19-10-13-5-3-4-12(9-16)17-13/h3-8H,9-10,16H2,1-2H3. The first kappa shape index (κ1) is 13.4. The van der Waals surface area contributed by atoms with Gasteiger partial charge in [-0.1, -0.05) is 12.1 Å². The largest absolute Gasteiger partial charge is 0.493 e.